The summed E-state index contributed by atoms with van der Waals surface area (Å²) in [5, 5.41) is 0. The van der Waals surface area contributed by atoms with E-state index in [9.17, 15) is 9.59 Å². The number of hydrogen-bond donors (Lipinski definition) is 0. The number of aryl methyl sites for hydroxylation is 6. The van der Waals surface area contributed by atoms with Gasteiger partial charge in [0.05, 0.1) is 6.42 Å². The van der Waals surface area contributed by atoms with Gasteiger partial charge in [0.25, 0.3) is 0 Å². The Bertz CT molecular complexity index is 1460. The van der Waals surface area contributed by atoms with Gasteiger partial charge in [0.15, 0.2) is 11.6 Å². The summed E-state index contributed by atoms with van der Waals surface area (Å²) < 4.78 is 0. The molecule has 0 fully saturated rings. The topological polar surface area (TPSA) is 34.1 Å². The SMILES string of the molecule is Cc1cc(C)c(-c2c(C)c(C(=O)CC(=O)c3ccccc3)c(C)c(-c3c(C)cc(C)cc3C)c2C)c(C)c1. The number of benzene rings is 4. The van der Waals surface area contributed by atoms with Crippen LogP contribution in [0.5, 0.6) is 0 Å². The van der Waals surface area contributed by atoms with Crippen LogP contribution < -0.4 is 0 Å². The predicted octanol–water partition coefficient (Wildman–Crippen LogP) is 9.25. The zero-order valence-electron chi connectivity index (χ0n) is 24.2. The predicted molar refractivity (Wildman–Crippen MR) is 160 cm³/mol. The molecule has 2 heteroatoms. The van der Waals surface area contributed by atoms with Crippen molar-refractivity contribution in [3.63, 3.8) is 0 Å². The molecule has 0 heterocycles. The molecule has 2 nitrogen and oxygen atoms in total. The van der Waals surface area contributed by atoms with Crippen LogP contribution in [0, 0.1) is 62.3 Å². The quantitative estimate of drug-likeness (QED) is 0.194. The third-order valence-corrected chi connectivity index (χ3v) is 7.80. The number of carbonyl (C=O) groups is 2. The minimum Gasteiger partial charge on any atom is -0.294 e. The molecule has 4 aromatic rings. The second-order valence-corrected chi connectivity index (χ2v) is 10.9. The van der Waals surface area contributed by atoms with Gasteiger partial charge in [0.1, 0.15) is 0 Å². The highest BCUT2D eigenvalue weighted by atomic mass is 16.1. The van der Waals surface area contributed by atoms with Gasteiger partial charge >= 0.3 is 0 Å². The van der Waals surface area contributed by atoms with Crippen LogP contribution in [0.15, 0.2) is 54.6 Å². The summed E-state index contributed by atoms with van der Waals surface area (Å²) in [6, 6.07) is 18.0. The van der Waals surface area contributed by atoms with Crippen LogP contribution in [0.25, 0.3) is 22.3 Å². The Balaban J connectivity index is 2.05. The molecule has 38 heavy (non-hydrogen) atoms. The second kappa shape index (κ2) is 10.5. The largest absolute Gasteiger partial charge is 0.294 e. The van der Waals surface area contributed by atoms with Gasteiger partial charge in [-0.25, -0.2) is 0 Å². The van der Waals surface area contributed by atoms with Crippen LogP contribution >= 0.6 is 0 Å². The minimum absolute atomic E-state index is 0.124. The molecule has 0 unspecified atom stereocenters. The average Bonchev–Trinajstić information content (AvgIpc) is 2.82. The molecule has 0 atom stereocenters. The van der Waals surface area contributed by atoms with Crippen LogP contribution in [0.4, 0.5) is 0 Å². The fraction of sp³-hybridized carbons (Fsp3) is 0.278. The van der Waals surface area contributed by atoms with Gasteiger partial charge < -0.3 is 0 Å². The fourth-order valence-corrected chi connectivity index (χ4v) is 6.50. The highest BCUT2D eigenvalue weighted by molar-refractivity contribution is 6.16. The number of hydrogen-bond acceptors (Lipinski definition) is 2. The molecule has 4 rings (SSSR count). The fourth-order valence-electron chi connectivity index (χ4n) is 6.50. The summed E-state index contributed by atoms with van der Waals surface area (Å²) >= 11 is 0. The van der Waals surface area contributed by atoms with E-state index >= 15 is 0 Å². The first-order valence-corrected chi connectivity index (χ1v) is 13.3. The first kappa shape index (κ1) is 27.3. The zero-order chi connectivity index (χ0) is 27.9. The van der Waals surface area contributed by atoms with Crippen molar-refractivity contribution in [3.8, 4) is 22.3 Å². The molecule has 0 amide bonds. The van der Waals surface area contributed by atoms with Crippen LogP contribution in [0.2, 0.25) is 0 Å². The minimum atomic E-state index is -0.150. The highest BCUT2D eigenvalue weighted by Gasteiger charge is 2.27. The Hall–Kier alpha value is -3.78. The number of Topliss-reactive ketones (excluding diaryl/α,β-unsaturated/α-hetero) is 2. The van der Waals surface area contributed by atoms with E-state index in [0.29, 0.717) is 11.1 Å². The molecule has 4 aromatic carbocycles. The van der Waals surface area contributed by atoms with Gasteiger partial charge in [-0.3, -0.25) is 9.59 Å². The van der Waals surface area contributed by atoms with Crippen molar-refractivity contribution >= 4 is 11.6 Å². The van der Waals surface area contributed by atoms with Crippen LogP contribution in [-0.2, 0) is 0 Å². The Kier molecular flexibility index (Phi) is 7.56. The van der Waals surface area contributed by atoms with E-state index in [1.165, 1.54) is 50.1 Å². The maximum absolute atomic E-state index is 14.0. The number of carbonyl (C=O) groups excluding carboxylic acids is 2. The van der Waals surface area contributed by atoms with E-state index in [4.69, 9.17) is 0 Å². The lowest BCUT2D eigenvalue weighted by atomic mass is 9.77. The zero-order valence-corrected chi connectivity index (χ0v) is 24.2. The first-order valence-electron chi connectivity index (χ1n) is 13.3. The van der Waals surface area contributed by atoms with Gasteiger partial charge in [-0.1, -0.05) is 65.7 Å². The summed E-state index contributed by atoms with van der Waals surface area (Å²) in [6.07, 6.45) is -0.147. The van der Waals surface area contributed by atoms with Crippen molar-refractivity contribution in [2.24, 2.45) is 0 Å². The monoisotopic (exact) mass is 502 g/mol. The van der Waals surface area contributed by atoms with Gasteiger partial charge in [0.2, 0.25) is 0 Å². The van der Waals surface area contributed by atoms with Crippen LogP contribution in [0.3, 0.4) is 0 Å². The maximum Gasteiger partial charge on any atom is 0.171 e. The first-order chi connectivity index (χ1) is 17.9. The maximum atomic E-state index is 14.0. The Morgan fingerprint density at radius 1 is 0.500 bits per heavy atom. The Morgan fingerprint density at radius 3 is 1.29 bits per heavy atom. The average molecular weight is 503 g/mol. The lowest BCUT2D eigenvalue weighted by Gasteiger charge is -2.26. The smallest absolute Gasteiger partial charge is 0.171 e. The molecule has 0 aliphatic heterocycles. The van der Waals surface area contributed by atoms with E-state index in [2.05, 4.69) is 72.7 Å². The molecule has 0 spiro atoms. The third-order valence-electron chi connectivity index (χ3n) is 7.80. The molecule has 0 aromatic heterocycles. The van der Waals surface area contributed by atoms with Gasteiger partial charge in [-0.2, -0.15) is 0 Å². The summed E-state index contributed by atoms with van der Waals surface area (Å²) in [5.41, 5.74) is 16.1. The summed E-state index contributed by atoms with van der Waals surface area (Å²) in [6.45, 7) is 19.1. The number of ketones is 2. The van der Waals surface area contributed by atoms with Gasteiger partial charge in [-0.15, -0.1) is 0 Å². The van der Waals surface area contributed by atoms with Crippen LogP contribution in [0.1, 0.15) is 77.2 Å². The van der Waals surface area contributed by atoms with E-state index in [1.807, 2.05) is 32.0 Å². The molecular formula is C36H38O2. The third kappa shape index (κ3) is 4.88. The molecule has 194 valence electrons. The van der Waals surface area contributed by atoms with Crippen molar-refractivity contribution < 1.29 is 9.59 Å². The molecule has 0 N–H and O–H groups in total. The molecule has 0 bridgehead atoms. The van der Waals surface area contributed by atoms with Gasteiger partial charge in [0, 0.05) is 11.1 Å². The summed E-state index contributed by atoms with van der Waals surface area (Å²) in [7, 11) is 0. The van der Waals surface area contributed by atoms with Crippen molar-refractivity contribution in [1.29, 1.82) is 0 Å². The lowest BCUT2D eigenvalue weighted by Crippen LogP contribution is -2.14. The lowest BCUT2D eigenvalue weighted by molar-refractivity contribution is 0.0893. The summed E-state index contributed by atoms with van der Waals surface area (Å²) in [5.74, 6) is -0.273. The molecule has 0 aliphatic rings. The van der Waals surface area contributed by atoms with E-state index in [-0.39, 0.29) is 18.0 Å². The second-order valence-electron chi connectivity index (χ2n) is 10.9. The van der Waals surface area contributed by atoms with Crippen molar-refractivity contribution in [1.82, 2.24) is 0 Å². The molecule has 0 radical (unpaired) electrons. The van der Waals surface area contributed by atoms with Crippen molar-refractivity contribution in [2.75, 3.05) is 0 Å². The molecule has 0 saturated carbocycles. The van der Waals surface area contributed by atoms with E-state index < -0.39 is 0 Å². The Morgan fingerprint density at radius 2 is 0.895 bits per heavy atom. The normalized spacial score (nSPS) is 11.1. The van der Waals surface area contributed by atoms with Gasteiger partial charge in [-0.05, 0) is 124 Å². The Labute approximate surface area is 227 Å². The molecule has 0 aliphatic carbocycles. The molecule has 0 saturated heterocycles. The molecular weight excluding hydrogens is 464 g/mol. The van der Waals surface area contributed by atoms with Crippen molar-refractivity contribution in [2.45, 2.75) is 68.7 Å². The van der Waals surface area contributed by atoms with Crippen LogP contribution in [-0.4, -0.2) is 11.6 Å². The van der Waals surface area contributed by atoms with Crippen molar-refractivity contribution in [3.05, 3.63) is 116 Å². The van der Waals surface area contributed by atoms with E-state index in [0.717, 1.165) is 22.3 Å². The highest BCUT2D eigenvalue weighted by Crippen LogP contribution is 2.44. The standard InChI is InChI=1S/C36H38O2/c1-20-15-22(3)32(23(4)16-20)35-26(7)34(31(38)19-30(37)29-13-11-10-12-14-29)27(8)36(28(35)9)33-24(5)17-21(2)18-25(33)6/h10-18H,19H2,1-9H3. The number of rotatable bonds is 6. The summed E-state index contributed by atoms with van der Waals surface area (Å²) in [4.78, 5) is 27.1. The van der Waals surface area contributed by atoms with E-state index in [1.54, 1.807) is 12.1 Å².